The van der Waals surface area contributed by atoms with Crippen LogP contribution in [-0.4, -0.2) is 27.1 Å². The maximum Gasteiger partial charge on any atom is 0.240 e. The van der Waals surface area contributed by atoms with Gasteiger partial charge >= 0.3 is 0 Å². The Hall–Kier alpha value is -1.78. The number of alkyl halides is 1. The van der Waals surface area contributed by atoms with Crippen molar-refractivity contribution in [1.29, 1.82) is 0 Å². The van der Waals surface area contributed by atoms with Crippen LogP contribution in [0.2, 0.25) is 0 Å². The standard InChI is InChI=1S/C18H19FO2Si/c19-17-13-14(11-12-18(17)20)21-22(15-7-3-1-4-8-15)16-9-5-2-6-10-16/h1-10,14,17,22H,11-13H2. The average molecular weight is 314 g/mol. The van der Waals surface area contributed by atoms with Crippen molar-refractivity contribution < 1.29 is 13.6 Å². The van der Waals surface area contributed by atoms with E-state index in [1.807, 2.05) is 36.4 Å². The summed E-state index contributed by atoms with van der Waals surface area (Å²) in [6, 6.07) is 20.3. The molecule has 0 aliphatic heterocycles. The second-order valence-electron chi connectivity index (χ2n) is 5.67. The predicted octanol–water partition coefficient (Wildman–Crippen LogP) is 2.00. The minimum Gasteiger partial charge on any atom is -0.408 e. The van der Waals surface area contributed by atoms with Gasteiger partial charge in [-0.3, -0.25) is 4.79 Å². The third-order valence-corrected chi connectivity index (χ3v) is 6.70. The largest absolute Gasteiger partial charge is 0.408 e. The summed E-state index contributed by atoms with van der Waals surface area (Å²) in [4.78, 5) is 11.3. The summed E-state index contributed by atoms with van der Waals surface area (Å²) in [5.41, 5.74) is 0. The van der Waals surface area contributed by atoms with E-state index in [9.17, 15) is 9.18 Å². The van der Waals surface area contributed by atoms with Crippen LogP contribution in [0.1, 0.15) is 19.3 Å². The molecule has 2 aromatic rings. The highest BCUT2D eigenvalue weighted by molar-refractivity contribution is 6.80. The number of hydrogen-bond acceptors (Lipinski definition) is 2. The number of Topliss-reactive ketones (excluding diaryl/α,β-unsaturated/α-hetero) is 1. The lowest BCUT2D eigenvalue weighted by Gasteiger charge is -2.28. The Labute approximate surface area is 131 Å². The van der Waals surface area contributed by atoms with Crippen molar-refractivity contribution in [3.63, 3.8) is 0 Å². The molecule has 2 unspecified atom stereocenters. The Bertz CT molecular complexity index is 578. The number of halogens is 1. The normalized spacial score (nSPS) is 22.0. The van der Waals surface area contributed by atoms with Gasteiger partial charge in [0.15, 0.2) is 12.0 Å². The molecule has 1 aliphatic rings. The van der Waals surface area contributed by atoms with E-state index < -0.39 is 15.2 Å². The highest BCUT2D eigenvalue weighted by Gasteiger charge is 2.31. The molecule has 0 saturated heterocycles. The number of carbonyl (C=O) groups is 1. The number of ketones is 1. The van der Waals surface area contributed by atoms with Crippen molar-refractivity contribution in [3.8, 4) is 0 Å². The van der Waals surface area contributed by atoms with E-state index in [-0.39, 0.29) is 24.7 Å². The van der Waals surface area contributed by atoms with Gasteiger partial charge in [0.25, 0.3) is 0 Å². The first-order chi connectivity index (χ1) is 10.7. The van der Waals surface area contributed by atoms with Crippen LogP contribution in [0.5, 0.6) is 0 Å². The smallest absolute Gasteiger partial charge is 0.240 e. The zero-order valence-corrected chi connectivity index (χ0v) is 13.5. The van der Waals surface area contributed by atoms with Crippen molar-refractivity contribution in [2.24, 2.45) is 0 Å². The number of carbonyl (C=O) groups excluding carboxylic acids is 1. The van der Waals surface area contributed by atoms with Gasteiger partial charge in [0.1, 0.15) is 0 Å². The quantitative estimate of drug-likeness (QED) is 0.807. The number of hydrogen-bond donors (Lipinski definition) is 0. The van der Waals surface area contributed by atoms with Crippen LogP contribution in [0.4, 0.5) is 4.39 Å². The van der Waals surface area contributed by atoms with Crippen molar-refractivity contribution in [1.82, 2.24) is 0 Å². The SMILES string of the molecule is O=C1CCC(O[SiH](c2ccccc2)c2ccccc2)CC1F. The topological polar surface area (TPSA) is 26.3 Å². The molecule has 1 saturated carbocycles. The fourth-order valence-corrected chi connectivity index (χ4v) is 5.34. The van der Waals surface area contributed by atoms with Gasteiger partial charge < -0.3 is 4.43 Å². The van der Waals surface area contributed by atoms with E-state index in [0.29, 0.717) is 6.42 Å². The highest BCUT2D eigenvalue weighted by atomic mass is 28.3. The molecule has 4 heteroatoms. The lowest BCUT2D eigenvalue weighted by molar-refractivity contribution is -0.127. The van der Waals surface area contributed by atoms with Gasteiger partial charge in [-0.15, -0.1) is 0 Å². The van der Waals surface area contributed by atoms with Gasteiger partial charge in [-0.05, 0) is 16.8 Å². The van der Waals surface area contributed by atoms with Crippen molar-refractivity contribution in [2.75, 3.05) is 0 Å². The summed E-state index contributed by atoms with van der Waals surface area (Å²) in [6.45, 7) is 0. The molecule has 0 heterocycles. The summed E-state index contributed by atoms with van der Waals surface area (Å²) >= 11 is 0. The first kappa shape index (κ1) is 15.1. The molecule has 1 aliphatic carbocycles. The molecule has 114 valence electrons. The second-order valence-corrected chi connectivity index (χ2v) is 8.03. The predicted molar refractivity (Wildman–Crippen MR) is 87.9 cm³/mol. The van der Waals surface area contributed by atoms with E-state index >= 15 is 0 Å². The highest BCUT2D eigenvalue weighted by Crippen LogP contribution is 2.21. The summed E-state index contributed by atoms with van der Waals surface area (Å²) in [7, 11) is -1.85. The van der Waals surface area contributed by atoms with Crippen LogP contribution in [0.15, 0.2) is 60.7 Å². The second kappa shape index (κ2) is 6.98. The summed E-state index contributed by atoms with van der Waals surface area (Å²) in [5, 5.41) is 2.36. The van der Waals surface area contributed by atoms with E-state index in [2.05, 4.69) is 24.3 Å². The molecular formula is C18H19FO2Si. The van der Waals surface area contributed by atoms with Crippen LogP contribution in [0.3, 0.4) is 0 Å². The van der Waals surface area contributed by atoms with Gasteiger partial charge in [0, 0.05) is 18.9 Å². The molecule has 2 atom stereocenters. The molecule has 22 heavy (non-hydrogen) atoms. The Morgan fingerprint density at radius 2 is 1.50 bits per heavy atom. The van der Waals surface area contributed by atoms with E-state index in [0.717, 1.165) is 0 Å². The zero-order valence-electron chi connectivity index (χ0n) is 12.3. The molecule has 2 nitrogen and oxygen atoms in total. The summed E-state index contributed by atoms with van der Waals surface area (Å²) in [6.07, 6.45) is -0.411. The third-order valence-electron chi connectivity index (χ3n) is 4.07. The summed E-state index contributed by atoms with van der Waals surface area (Å²) in [5.74, 6) is -0.280. The first-order valence-electron chi connectivity index (χ1n) is 7.66. The van der Waals surface area contributed by atoms with Gasteiger partial charge in [0.2, 0.25) is 9.04 Å². The van der Waals surface area contributed by atoms with Crippen LogP contribution in [0.25, 0.3) is 0 Å². The molecule has 3 rings (SSSR count). The number of benzene rings is 2. The lowest BCUT2D eigenvalue weighted by Crippen LogP contribution is -2.48. The van der Waals surface area contributed by atoms with Crippen LogP contribution < -0.4 is 10.4 Å². The molecule has 0 N–H and O–H groups in total. The number of rotatable bonds is 4. The van der Waals surface area contributed by atoms with Gasteiger partial charge in [-0.2, -0.15) is 0 Å². The molecule has 0 bridgehead atoms. The van der Waals surface area contributed by atoms with Crippen molar-refractivity contribution >= 4 is 25.2 Å². The zero-order chi connectivity index (χ0) is 15.4. The van der Waals surface area contributed by atoms with Crippen LogP contribution >= 0.6 is 0 Å². The van der Waals surface area contributed by atoms with Gasteiger partial charge in [-0.1, -0.05) is 60.7 Å². The third kappa shape index (κ3) is 3.51. The first-order valence-corrected chi connectivity index (χ1v) is 9.29. The average Bonchev–Trinajstić information content (AvgIpc) is 2.57. The monoisotopic (exact) mass is 314 g/mol. The van der Waals surface area contributed by atoms with E-state index in [1.54, 1.807) is 0 Å². The minimum atomic E-state index is -1.85. The minimum absolute atomic E-state index is 0.162. The van der Waals surface area contributed by atoms with Crippen molar-refractivity contribution in [2.45, 2.75) is 31.5 Å². The van der Waals surface area contributed by atoms with Crippen LogP contribution in [-0.2, 0) is 9.22 Å². The van der Waals surface area contributed by atoms with Crippen LogP contribution in [0, 0.1) is 0 Å². The Kier molecular flexibility index (Phi) is 4.80. The fraction of sp³-hybridized carbons (Fsp3) is 0.278. The molecule has 0 spiro atoms. The van der Waals surface area contributed by atoms with Gasteiger partial charge in [0.05, 0.1) is 0 Å². The van der Waals surface area contributed by atoms with E-state index in [4.69, 9.17) is 4.43 Å². The Balaban J connectivity index is 1.82. The molecule has 0 amide bonds. The molecule has 2 aromatic carbocycles. The fourth-order valence-electron chi connectivity index (χ4n) is 2.86. The van der Waals surface area contributed by atoms with Gasteiger partial charge in [-0.25, -0.2) is 4.39 Å². The maximum atomic E-state index is 13.7. The van der Waals surface area contributed by atoms with E-state index in [1.165, 1.54) is 10.4 Å². The summed E-state index contributed by atoms with van der Waals surface area (Å²) < 4.78 is 20.0. The molecule has 0 aromatic heterocycles. The molecular weight excluding hydrogens is 295 g/mol. The Morgan fingerprint density at radius 3 is 2.00 bits per heavy atom. The van der Waals surface area contributed by atoms with Crippen molar-refractivity contribution in [3.05, 3.63) is 60.7 Å². The Morgan fingerprint density at radius 1 is 0.955 bits per heavy atom. The maximum absolute atomic E-state index is 13.7. The molecule has 0 radical (unpaired) electrons. The lowest BCUT2D eigenvalue weighted by atomic mass is 9.95. The molecule has 1 fully saturated rings.